The highest BCUT2D eigenvalue weighted by molar-refractivity contribution is 5.77. The molecule has 0 aliphatic heterocycles. The van der Waals surface area contributed by atoms with Gasteiger partial charge in [0, 0.05) is 6.54 Å². The Bertz CT molecular complexity index is 396. The van der Waals surface area contributed by atoms with Crippen LogP contribution in [0.3, 0.4) is 0 Å². The Morgan fingerprint density at radius 2 is 1.89 bits per heavy atom. The van der Waals surface area contributed by atoms with E-state index in [4.69, 9.17) is 4.74 Å². The average Bonchev–Trinajstić information content (AvgIpc) is 2.34. The van der Waals surface area contributed by atoms with Gasteiger partial charge in [-0.2, -0.15) is 0 Å². The van der Waals surface area contributed by atoms with Crippen molar-refractivity contribution in [3.05, 3.63) is 29.3 Å². The molecule has 0 fully saturated rings. The van der Waals surface area contributed by atoms with Gasteiger partial charge in [0.05, 0.1) is 0 Å². The molecular formula is C15H24N2O2. The molecule has 0 radical (unpaired) electrons. The van der Waals surface area contributed by atoms with Crippen LogP contribution in [-0.4, -0.2) is 44.6 Å². The molecule has 0 spiro atoms. The summed E-state index contributed by atoms with van der Waals surface area (Å²) in [5.74, 6) is 0.743. The molecule has 0 atom stereocenters. The van der Waals surface area contributed by atoms with Crippen LogP contribution < -0.4 is 10.1 Å². The summed E-state index contributed by atoms with van der Waals surface area (Å²) in [5.41, 5.74) is 2.11. The van der Waals surface area contributed by atoms with Gasteiger partial charge < -0.3 is 15.0 Å². The Labute approximate surface area is 115 Å². The Morgan fingerprint density at radius 3 is 2.47 bits per heavy atom. The van der Waals surface area contributed by atoms with Crippen LogP contribution in [-0.2, 0) is 4.79 Å². The number of carbonyl (C=O) groups is 1. The quantitative estimate of drug-likeness (QED) is 0.763. The number of carbonyl (C=O) groups excluding carboxylic acids is 1. The lowest BCUT2D eigenvalue weighted by molar-refractivity contribution is -0.123. The Morgan fingerprint density at radius 1 is 1.26 bits per heavy atom. The molecule has 4 heteroatoms. The average molecular weight is 264 g/mol. The predicted molar refractivity (Wildman–Crippen MR) is 77.6 cm³/mol. The summed E-state index contributed by atoms with van der Waals surface area (Å²) < 4.78 is 5.59. The molecule has 106 valence electrons. The fourth-order valence-corrected chi connectivity index (χ4v) is 1.84. The molecule has 0 heterocycles. The third kappa shape index (κ3) is 5.75. The minimum absolute atomic E-state index is 0.0681. The van der Waals surface area contributed by atoms with Gasteiger partial charge in [0.15, 0.2) is 6.61 Å². The van der Waals surface area contributed by atoms with E-state index < -0.39 is 0 Å². The molecule has 19 heavy (non-hydrogen) atoms. The SMILES string of the molecule is Cc1cccc(C)c1OCC(=O)NCCCN(C)C. The van der Waals surface area contributed by atoms with Crippen molar-refractivity contribution in [1.82, 2.24) is 10.2 Å². The zero-order valence-electron chi connectivity index (χ0n) is 12.3. The molecule has 0 saturated carbocycles. The van der Waals surface area contributed by atoms with Crippen molar-refractivity contribution >= 4 is 5.91 Å². The lowest BCUT2D eigenvalue weighted by Crippen LogP contribution is -2.31. The second kappa shape index (κ2) is 7.79. The van der Waals surface area contributed by atoms with E-state index >= 15 is 0 Å². The van der Waals surface area contributed by atoms with Crippen molar-refractivity contribution in [3.8, 4) is 5.75 Å². The third-order valence-electron chi connectivity index (χ3n) is 2.86. The summed E-state index contributed by atoms with van der Waals surface area (Å²) in [7, 11) is 4.04. The van der Waals surface area contributed by atoms with Gasteiger partial charge >= 0.3 is 0 Å². The molecular weight excluding hydrogens is 240 g/mol. The number of para-hydroxylation sites is 1. The molecule has 0 bridgehead atoms. The smallest absolute Gasteiger partial charge is 0.257 e. The van der Waals surface area contributed by atoms with Crippen LogP contribution in [0.25, 0.3) is 0 Å². The van der Waals surface area contributed by atoms with Crippen molar-refractivity contribution in [2.24, 2.45) is 0 Å². The van der Waals surface area contributed by atoms with Crippen molar-refractivity contribution in [1.29, 1.82) is 0 Å². The van der Waals surface area contributed by atoms with Gasteiger partial charge in [0.2, 0.25) is 0 Å². The van der Waals surface area contributed by atoms with Crippen molar-refractivity contribution in [3.63, 3.8) is 0 Å². The number of ether oxygens (including phenoxy) is 1. The first-order valence-corrected chi connectivity index (χ1v) is 6.61. The highest BCUT2D eigenvalue weighted by Crippen LogP contribution is 2.21. The fraction of sp³-hybridized carbons (Fsp3) is 0.533. The molecule has 1 amide bonds. The Hall–Kier alpha value is -1.55. The number of rotatable bonds is 7. The van der Waals surface area contributed by atoms with Crippen molar-refractivity contribution < 1.29 is 9.53 Å². The number of nitrogens with one attached hydrogen (secondary N) is 1. The first kappa shape index (κ1) is 15.5. The van der Waals surface area contributed by atoms with Crippen LogP contribution >= 0.6 is 0 Å². The molecule has 4 nitrogen and oxygen atoms in total. The zero-order valence-corrected chi connectivity index (χ0v) is 12.3. The summed E-state index contributed by atoms with van der Waals surface area (Å²) in [6, 6.07) is 5.95. The maximum Gasteiger partial charge on any atom is 0.257 e. The van der Waals surface area contributed by atoms with Gasteiger partial charge in [-0.1, -0.05) is 18.2 Å². The van der Waals surface area contributed by atoms with E-state index in [1.807, 2.05) is 46.1 Å². The number of amides is 1. The Balaban J connectivity index is 2.30. The van der Waals surface area contributed by atoms with E-state index in [2.05, 4.69) is 10.2 Å². The number of nitrogens with zero attached hydrogens (tertiary/aromatic N) is 1. The van der Waals surface area contributed by atoms with Crippen LogP contribution in [0.2, 0.25) is 0 Å². The number of hydrogen-bond acceptors (Lipinski definition) is 3. The van der Waals surface area contributed by atoms with Crippen LogP contribution in [0, 0.1) is 13.8 Å². The van der Waals surface area contributed by atoms with Gasteiger partial charge in [-0.25, -0.2) is 0 Å². The van der Waals surface area contributed by atoms with Crippen molar-refractivity contribution in [2.75, 3.05) is 33.8 Å². The number of benzene rings is 1. The monoisotopic (exact) mass is 264 g/mol. The van der Waals surface area contributed by atoms with E-state index in [1.165, 1.54) is 0 Å². The molecule has 0 unspecified atom stereocenters. The second-order valence-electron chi connectivity index (χ2n) is 5.02. The van der Waals surface area contributed by atoms with Gasteiger partial charge in [0.25, 0.3) is 5.91 Å². The summed E-state index contributed by atoms with van der Waals surface area (Å²) >= 11 is 0. The normalized spacial score (nSPS) is 10.6. The third-order valence-corrected chi connectivity index (χ3v) is 2.86. The molecule has 1 aromatic rings. The van der Waals surface area contributed by atoms with Gasteiger partial charge in [-0.15, -0.1) is 0 Å². The molecule has 1 N–H and O–H groups in total. The first-order valence-electron chi connectivity index (χ1n) is 6.61. The van der Waals surface area contributed by atoms with E-state index in [-0.39, 0.29) is 12.5 Å². The highest BCUT2D eigenvalue weighted by Gasteiger charge is 2.06. The Kier molecular flexibility index (Phi) is 6.36. The lowest BCUT2D eigenvalue weighted by atomic mass is 10.1. The fourth-order valence-electron chi connectivity index (χ4n) is 1.84. The summed E-state index contributed by atoms with van der Waals surface area (Å²) in [6.07, 6.45) is 0.947. The van der Waals surface area contributed by atoms with E-state index in [0.29, 0.717) is 6.54 Å². The molecule has 1 rings (SSSR count). The van der Waals surface area contributed by atoms with Crippen molar-refractivity contribution in [2.45, 2.75) is 20.3 Å². The van der Waals surface area contributed by atoms with Gasteiger partial charge in [0.1, 0.15) is 5.75 Å². The highest BCUT2D eigenvalue weighted by atomic mass is 16.5. The standard InChI is InChI=1S/C15H24N2O2/c1-12-7-5-8-13(2)15(12)19-11-14(18)16-9-6-10-17(3)4/h5,7-8H,6,9-11H2,1-4H3,(H,16,18). The minimum Gasteiger partial charge on any atom is -0.483 e. The molecule has 0 saturated heterocycles. The lowest BCUT2D eigenvalue weighted by Gasteiger charge is -2.12. The number of aryl methyl sites for hydroxylation is 2. The summed E-state index contributed by atoms with van der Waals surface area (Å²) in [6.45, 7) is 5.70. The molecule has 0 aliphatic rings. The second-order valence-corrected chi connectivity index (χ2v) is 5.02. The summed E-state index contributed by atoms with van der Waals surface area (Å²) in [5, 5.41) is 2.86. The van der Waals surface area contributed by atoms with E-state index in [9.17, 15) is 4.79 Å². The molecule has 0 aliphatic carbocycles. The maximum absolute atomic E-state index is 11.6. The predicted octanol–water partition coefficient (Wildman–Crippen LogP) is 1.75. The van der Waals surface area contributed by atoms with Crippen LogP contribution in [0.1, 0.15) is 17.5 Å². The number of hydrogen-bond donors (Lipinski definition) is 1. The minimum atomic E-state index is -0.0681. The van der Waals surface area contributed by atoms with E-state index in [1.54, 1.807) is 0 Å². The van der Waals surface area contributed by atoms with E-state index in [0.717, 1.165) is 29.8 Å². The van der Waals surface area contributed by atoms with Gasteiger partial charge in [-0.3, -0.25) is 4.79 Å². The van der Waals surface area contributed by atoms with Gasteiger partial charge in [-0.05, 0) is 52.0 Å². The topological polar surface area (TPSA) is 41.6 Å². The van der Waals surface area contributed by atoms with Crippen LogP contribution in [0.15, 0.2) is 18.2 Å². The van der Waals surface area contributed by atoms with Crippen LogP contribution in [0.5, 0.6) is 5.75 Å². The first-order chi connectivity index (χ1) is 9.00. The zero-order chi connectivity index (χ0) is 14.3. The van der Waals surface area contributed by atoms with Crippen LogP contribution in [0.4, 0.5) is 0 Å². The largest absolute Gasteiger partial charge is 0.483 e. The molecule has 0 aromatic heterocycles. The molecule has 1 aromatic carbocycles. The summed E-state index contributed by atoms with van der Waals surface area (Å²) in [4.78, 5) is 13.7. The maximum atomic E-state index is 11.6.